The fourth-order valence-electron chi connectivity index (χ4n) is 2.00. The van der Waals surface area contributed by atoms with Crippen molar-refractivity contribution in [1.29, 1.82) is 0 Å². The lowest BCUT2D eigenvalue weighted by molar-refractivity contribution is -0.0792. The zero-order valence-corrected chi connectivity index (χ0v) is 11.9. The van der Waals surface area contributed by atoms with E-state index in [1.807, 2.05) is 12.1 Å². The summed E-state index contributed by atoms with van der Waals surface area (Å²) in [6.07, 6.45) is 15.3. The highest BCUT2D eigenvalue weighted by Gasteiger charge is 1.96. The van der Waals surface area contributed by atoms with Crippen molar-refractivity contribution >= 4 is 0 Å². The van der Waals surface area contributed by atoms with Crippen LogP contribution in [-0.2, 0) is 4.84 Å². The van der Waals surface area contributed by atoms with E-state index in [1.54, 1.807) is 0 Å². The molecule has 0 N–H and O–H groups in total. The van der Waals surface area contributed by atoms with E-state index < -0.39 is 0 Å². The minimum Gasteiger partial charge on any atom is -0.415 e. The third kappa shape index (κ3) is 13.4. The second-order valence-electron chi connectivity index (χ2n) is 4.81. The molecule has 0 rings (SSSR count). The first kappa shape index (κ1) is 16.5. The quantitative estimate of drug-likeness (QED) is 0.258. The zero-order chi connectivity index (χ0) is 12.8. The first-order valence-electron chi connectivity index (χ1n) is 7.30. The van der Waals surface area contributed by atoms with Crippen LogP contribution in [0, 0.1) is 0 Å². The van der Waals surface area contributed by atoms with E-state index in [2.05, 4.69) is 13.5 Å². The summed E-state index contributed by atoms with van der Waals surface area (Å²) < 4.78 is 0. The van der Waals surface area contributed by atoms with Crippen LogP contribution in [0.5, 0.6) is 0 Å². The van der Waals surface area contributed by atoms with Gasteiger partial charge in [-0.25, -0.2) is 0 Å². The highest BCUT2D eigenvalue weighted by Crippen LogP contribution is 2.10. The maximum Gasteiger partial charge on any atom is 0.104 e. The lowest BCUT2D eigenvalue weighted by atomic mass is 10.1. The van der Waals surface area contributed by atoms with Crippen molar-refractivity contribution in [3.8, 4) is 0 Å². The van der Waals surface area contributed by atoms with Crippen LogP contribution < -0.4 is 0 Å². The van der Waals surface area contributed by atoms with Gasteiger partial charge in [-0.05, 0) is 6.42 Å². The first-order valence-corrected chi connectivity index (χ1v) is 7.30. The van der Waals surface area contributed by atoms with Gasteiger partial charge in [0.1, 0.15) is 6.26 Å². The average molecular weight is 241 g/mol. The van der Waals surface area contributed by atoms with Crippen LogP contribution in [0.2, 0.25) is 0 Å². The normalized spacial score (nSPS) is 10.8. The summed E-state index contributed by atoms with van der Waals surface area (Å²) in [5.41, 5.74) is 0. The Labute approximate surface area is 108 Å². The smallest absolute Gasteiger partial charge is 0.104 e. The number of rotatable bonds is 13. The third-order valence-electron chi connectivity index (χ3n) is 3.08. The largest absolute Gasteiger partial charge is 0.415 e. The van der Waals surface area contributed by atoms with E-state index in [-0.39, 0.29) is 0 Å². The molecule has 0 aromatic carbocycles. The first-order chi connectivity index (χ1) is 8.31. The summed E-state index contributed by atoms with van der Waals surface area (Å²) in [5, 5.41) is 1.84. The number of unbranched alkanes of at least 4 members (excludes halogenated alkanes) is 9. The lowest BCUT2D eigenvalue weighted by Gasteiger charge is -2.13. The van der Waals surface area contributed by atoms with Crippen LogP contribution in [0.3, 0.4) is 0 Å². The van der Waals surface area contributed by atoms with Crippen LogP contribution in [-0.4, -0.2) is 18.7 Å². The molecule has 0 fully saturated rings. The Morgan fingerprint density at radius 2 is 1.35 bits per heavy atom. The predicted molar refractivity (Wildman–Crippen MR) is 75.8 cm³/mol. The molecule has 0 amide bonds. The molecule has 0 aromatic heterocycles. The Hall–Kier alpha value is -0.500. The lowest BCUT2D eigenvalue weighted by Crippen LogP contribution is -2.17. The molecule has 0 bridgehead atoms. The van der Waals surface area contributed by atoms with Gasteiger partial charge < -0.3 is 4.84 Å². The van der Waals surface area contributed by atoms with Crippen LogP contribution in [0.1, 0.15) is 71.1 Å². The van der Waals surface area contributed by atoms with E-state index in [1.165, 1.54) is 70.5 Å². The van der Waals surface area contributed by atoms with Crippen LogP contribution >= 0.6 is 0 Å². The molecule has 0 spiro atoms. The monoisotopic (exact) mass is 241 g/mol. The van der Waals surface area contributed by atoms with E-state index in [9.17, 15) is 0 Å². The van der Waals surface area contributed by atoms with Gasteiger partial charge in [-0.2, -0.15) is 0 Å². The molecule has 0 radical (unpaired) electrons. The van der Waals surface area contributed by atoms with Crippen LogP contribution in [0.25, 0.3) is 0 Å². The van der Waals surface area contributed by atoms with Crippen molar-refractivity contribution in [1.82, 2.24) is 5.06 Å². The second-order valence-corrected chi connectivity index (χ2v) is 4.81. The molecule has 0 aliphatic rings. The molecule has 0 saturated carbocycles. The molecule has 0 unspecified atom stereocenters. The zero-order valence-electron chi connectivity index (χ0n) is 11.9. The summed E-state index contributed by atoms with van der Waals surface area (Å²) in [6, 6.07) is 0. The van der Waals surface area contributed by atoms with E-state index in [4.69, 9.17) is 4.84 Å². The van der Waals surface area contributed by atoms with Gasteiger partial charge in [-0.3, -0.25) is 0 Å². The summed E-state index contributed by atoms with van der Waals surface area (Å²) in [4.78, 5) is 5.12. The molecule has 0 aliphatic carbocycles. The Kier molecular flexibility index (Phi) is 13.2. The van der Waals surface area contributed by atoms with Gasteiger partial charge in [-0.15, -0.1) is 5.06 Å². The summed E-state index contributed by atoms with van der Waals surface area (Å²) in [7, 11) is 1.95. The van der Waals surface area contributed by atoms with Crippen molar-refractivity contribution in [3.05, 3.63) is 12.8 Å². The second kappa shape index (κ2) is 13.6. The van der Waals surface area contributed by atoms with Gasteiger partial charge in [0.05, 0.1) is 0 Å². The number of hydrogen-bond donors (Lipinski definition) is 0. The number of hydrogen-bond acceptors (Lipinski definition) is 2. The summed E-state index contributed by atoms with van der Waals surface area (Å²) in [6.45, 7) is 6.81. The fraction of sp³-hybridized carbons (Fsp3) is 0.867. The standard InChI is InChI=1S/C15H31NO/c1-4-6-7-8-9-10-11-12-13-14-15-16(3)17-5-2/h5H,2,4,6-15H2,1,3H3. The molecule has 0 atom stereocenters. The van der Waals surface area contributed by atoms with Gasteiger partial charge in [0.15, 0.2) is 0 Å². The highest BCUT2D eigenvalue weighted by atomic mass is 16.7. The number of nitrogens with zero attached hydrogens (tertiary/aromatic N) is 1. The molecule has 2 nitrogen and oxygen atoms in total. The summed E-state index contributed by atoms with van der Waals surface area (Å²) in [5.74, 6) is 0. The van der Waals surface area contributed by atoms with Crippen molar-refractivity contribution < 1.29 is 4.84 Å². The van der Waals surface area contributed by atoms with Crippen molar-refractivity contribution in [2.24, 2.45) is 0 Å². The minimum absolute atomic E-state index is 1.00. The molecule has 0 saturated heterocycles. The maximum atomic E-state index is 5.12. The number of hydroxylamine groups is 2. The molecular weight excluding hydrogens is 210 g/mol. The molecule has 102 valence electrons. The highest BCUT2D eigenvalue weighted by molar-refractivity contribution is 4.50. The predicted octanol–water partition coefficient (Wildman–Crippen LogP) is 4.91. The van der Waals surface area contributed by atoms with E-state index in [0.717, 1.165) is 6.54 Å². The van der Waals surface area contributed by atoms with Crippen LogP contribution in [0.4, 0.5) is 0 Å². The topological polar surface area (TPSA) is 12.5 Å². The Bertz CT molecular complexity index is 159. The van der Waals surface area contributed by atoms with Crippen molar-refractivity contribution in [3.63, 3.8) is 0 Å². The Balaban J connectivity index is 3.00. The molecule has 2 heteroatoms. The van der Waals surface area contributed by atoms with Crippen molar-refractivity contribution in [2.45, 2.75) is 71.1 Å². The molecule has 17 heavy (non-hydrogen) atoms. The summed E-state index contributed by atoms with van der Waals surface area (Å²) >= 11 is 0. The van der Waals surface area contributed by atoms with E-state index in [0.29, 0.717) is 0 Å². The fourth-order valence-corrected chi connectivity index (χ4v) is 2.00. The molecular formula is C15H31NO. The Morgan fingerprint density at radius 1 is 0.882 bits per heavy atom. The van der Waals surface area contributed by atoms with Crippen LogP contribution in [0.15, 0.2) is 12.8 Å². The minimum atomic E-state index is 1.00. The van der Waals surface area contributed by atoms with Gasteiger partial charge in [0, 0.05) is 13.6 Å². The van der Waals surface area contributed by atoms with Gasteiger partial charge in [0.25, 0.3) is 0 Å². The SMILES string of the molecule is C=CON(C)CCCCCCCCCCCC. The molecule has 0 aromatic rings. The van der Waals surface area contributed by atoms with Gasteiger partial charge >= 0.3 is 0 Å². The Morgan fingerprint density at radius 3 is 1.82 bits per heavy atom. The maximum absolute atomic E-state index is 5.12. The van der Waals surface area contributed by atoms with Crippen molar-refractivity contribution in [2.75, 3.05) is 13.6 Å². The average Bonchev–Trinajstić information content (AvgIpc) is 2.32. The third-order valence-corrected chi connectivity index (χ3v) is 3.08. The van der Waals surface area contributed by atoms with E-state index >= 15 is 0 Å². The molecule has 0 aliphatic heterocycles. The molecule has 0 heterocycles. The van der Waals surface area contributed by atoms with Gasteiger partial charge in [-0.1, -0.05) is 71.3 Å². The van der Waals surface area contributed by atoms with Gasteiger partial charge in [0.2, 0.25) is 0 Å².